The van der Waals surface area contributed by atoms with Gasteiger partial charge in [0.15, 0.2) is 0 Å². The number of hydrogen-bond donors (Lipinski definition) is 1. The largest absolute Gasteiger partial charge is 0.329 e. The first-order valence-corrected chi connectivity index (χ1v) is 7.23. The smallest absolute Gasteiger partial charge is 0.147 e. The lowest BCUT2D eigenvalue weighted by Gasteiger charge is -2.34. The van der Waals surface area contributed by atoms with Crippen LogP contribution in [0, 0.1) is 0 Å². The second kappa shape index (κ2) is 5.36. The van der Waals surface area contributed by atoms with E-state index in [0.29, 0.717) is 6.04 Å². The van der Waals surface area contributed by atoms with Gasteiger partial charge in [-0.15, -0.1) is 10.2 Å². The van der Waals surface area contributed by atoms with E-state index in [2.05, 4.69) is 19.7 Å². The second-order valence-corrected chi connectivity index (χ2v) is 5.50. The Kier molecular flexibility index (Phi) is 3.61. The van der Waals surface area contributed by atoms with E-state index >= 15 is 0 Å². The van der Waals surface area contributed by atoms with Crippen molar-refractivity contribution < 1.29 is 0 Å². The summed E-state index contributed by atoms with van der Waals surface area (Å²) in [4.78, 5) is 2.50. The lowest BCUT2D eigenvalue weighted by atomic mass is 10.0. The standard InChI is InChI=1S/C13H23N5/c14-9-11-5-1-3-7-17(11)10-13-16-15-12-6-2-4-8-18(12)13/h11H,1-10,14H2. The number of nitrogens with two attached hydrogens (primary N) is 1. The molecule has 2 aliphatic heterocycles. The van der Waals surface area contributed by atoms with E-state index in [4.69, 9.17) is 5.73 Å². The first kappa shape index (κ1) is 12.1. The summed E-state index contributed by atoms with van der Waals surface area (Å²) in [5.74, 6) is 2.32. The van der Waals surface area contributed by atoms with Crippen molar-refractivity contribution in [3.8, 4) is 0 Å². The number of piperidine rings is 1. The number of aromatic nitrogens is 3. The monoisotopic (exact) mass is 249 g/mol. The van der Waals surface area contributed by atoms with Gasteiger partial charge in [0.25, 0.3) is 0 Å². The molecule has 0 amide bonds. The zero-order valence-corrected chi connectivity index (χ0v) is 11.0. The molecule has 1 saturated heterocycles. The number of fused-ring (bicyclic) bond motifs is 1. The van der Waals surface area contributed by atoms with Crippen LogP contribution in [0.5, 0.6) is 0 Å². The van der Waals surface area contributed by atoms with Crippen molar-refractivity contribution in [1.29, 1.82) is 0 Å². The molecule has 18 heavy (non-hydrogen) atoms. The maximum atomic E-state index is 5.88. The Morgan fingerprint density at radius 2 is 2.00 bits per heavy atom. The molecule has 0 aliphatic carbocycles. The summed E-state index contributed by atoms with van der Waals surface area (Å²) in [7, 11) is 0. The van der Waals surface area contributed by atoms with Gasteiger partial charge < -0.3 is 10.3 Å². The highest BCUT2D eigenvalue weighted by molar-refractivity contribution is 4.99. The van der Waals surface area contributed by atoms with Crippen molar-refractivity contribution in [1.82, 2.24) is 19.7 Å². The van der Waals surface area contributed by atoms with Crippen LogP contribution in [-0.2, 0) is 19.5 Å². The highest BCUT2D eigenvalue weighted by Gasteiger charge is 2.24. The highest BCUT2D eigenvalue weighted by Crippen LogP contribution is 2.20. The van der Waals surface area contributed by atoms with E-state index in [-0.39, 0.29) is 0 Å². The Hall–Kier alpha value is -0.940. The molecule has 0 aromatic carbocycles. The summed E-state index contributed by atoms with van der Waals surface area (Å²) in [6.07, 6.45) is 7.45. The van der Waals surface area contributed by atoms with E-state index < -0.39 is 0 Å². The van der Waals surface area contributed by atoms with Crippen molar-refractivity contribution in [3.05, 3.63) is 11.6 Å². The quantitative estimate of drug-likeness (QED) is 0.865. The van der Waals surface area contributed by atoms with Crippen molar-refractivity contribution in [2.45, 2.75) is 57.7 Å². The minimum absolute atomic E-state index is 0.537. The van der Waals surface area contributed by atoms with E-state index in [1.807, 2.05) is 0 Å². The maximum Gasteiger partial charge on any atom is 0.147 e. The Labute approximate surface area is 108 Å². The van der Waals surface area contributed by atoms with Crippen LogP contribution in [0.1, 0.15) is 43.8 Å². The maximum absolute atomic E-state index is 5.88. The SMILES string of the molecule is NCC1CCCCN1Cc1nnc2n1CCCC2. The van der Waals surface area contributed by atoms with E-state index in [9.17, 15) is 0 Å². The summed E-state index contributed by atoms with van der Waals surface area (Å²) in [5, 5.41) is 8.72. The van der Waals surface area contributed by atoms with Crippen molar-refractivity contribution >= 4 is 0 Å². The van der Waals surface area contributed by atoms with E-state index in [1.54, 1.807) is 0 Å². The van der Waals surface area contributed by atoms with Gasteiger partial charge in [0.1, 0.15) is 11.6 Å². The van der Waals surface area contributed by atoms with Crippen LogP contribution in [0.4, 0.5) is 0 Å². The van der Waals surface area contributed by atoms with Gasteiger partial charge in [-0.2, -0.15) is 0 Å². The van der Waals surface area contributed by atoms with Gasteiger partial charge in [-0.05, 0) is 32.2 Å². The molecule has 2 aliphatic rings. The van der Waals surface area contributed by atoms with Crippen LogP contribution in [-0.4, -0.2) is 38.8 Å². The fourth-order valence-corrected chi connectivity index (χ4v) is 3.20. The zero-order chi connectivity index (χ0) is 12.4. The summed E-state index contributed by atoms with van der Waals surface area (Å²) >= 11 is 0. The summed E-state index contributed by atoms with van der Waals surface area (Å²) in [6.45, 7) is 3.94. The van der Waals surface area contributed by atoms with Crippen LogP contribution < -0.4 is 5.73 Å². The lowest BCUT2D eigenvalue weighted by molar-refractivity contribution is 0.139. The van der Waals surface area contributed by atoms with E-state index in [0.717, 1.165) is 38.4 Å². The molecule has 5 nitrogen and oxygen atoms in total. The Morgan fingerprint density at radius 1 is 1.11 bits per heavy atom. The number of aryl methyl sites for hydroxylation is 1. The molecule has 3 heterocycles. The second-order valence-electron chi connectivity index (χ2n) is 5.50. The number of rotatable bonds is 3. The van der Waals surface area contributed by atoms with Gasteiger partial charge in [-0.1, -0.05) is 6.42 Å². The molecule has 0 spiro atoms. The summed E-state index contributed by atoms with van der Waals surface area (Å²) < 4.78 is 2.33. The van der Waals surface area contributed by atoms with Crippen LogP contribution in [0.3, 0.4) is 0 Å². The topological polar surface area (TPSA) is 60.0 Å². The van der Waals surface area contributed by atoms with E-state index in [1.165, 1.54) is 37.9 Å². The molecule has 1 aromatic rings. The van der Waals surface area contributed by atoms with Gasteiger partial charge >= 0.3 is 0 Å². The summed E-state index contributed by atoms with van der Waals surface area (Å²) in [6, 6.07) is 0.537. The first-order valence-electron chi connectivity index (χ1n) is 7.23. The predicted molar refractivity (Wildman–Crippen MR) is 70.1 cm³/mol. The highest BCUT2D eigenvalue weighted by atomic mass is 15.3. The molecule has 100 valence electrons. The zero-order valence-electron chi connectivity index (χ0n) is 11.0. The number of nitrogens with zero attached hydrogens (tertiary/aromatic N) is 4. The third-order valence-corrected chi connectivity index (χ3v) is 4.30. The fraction of sp³-hybridized carbons (Fsp3) is 0.846. The van der Waals surface area contributed by atoms with Crippen molar-refractivity contribution in [2.24, 2.45) is 5.73 Å². The lowest BCUT2D eigenvalue weighted by Crippen LogP contribution is -2.44. The molecule has 1 unspecified atom stereocenters. The molecule has 1 fully saturated rings. The first-order chi connectivity index (χ1) is 8.88. The molecule has 0 bridgehead atoms. The average molecular weight is 249 g/mol. The van der Waals surface area contributed by atoms with Crippen LogP contribution in [0.25, 0.3) is 0 Å². The van der Waals surface area contributed by atoms with Crippen LogP contribution >= 0.6 is 0 Å². The van der Waals surface area contributed by atoms with Gasteiger partial charge in [-0.3, -0.25) is 4.90 Å². The minimum atomic E-state index is 0.537. The van der Waals surface area contributed by atoms with Gasteiger partial charge in [0.05, 0.1) is 6.54 Å². The Balaban J connectivity index is 1.73. The fourth-order valence-electron chi connectivity index (χ4n) is 3.20. The number of likely N-dealkylation sites (tertiary alicyclic amines) is 1. The third-order valence-electron chi connectivity index (χ3n) is 4.30. The van der Waals surface area contributed by atoms with Gasteiger partial charge in [0, 0.05) is 25.6 Å². The molecular weight excluding hydrogens is 226 g/mol. The van der Waals surface area contributed by atoms with Crippen LogP contribution in [0.15, 0.2) is 0 Å². The molecule has 2 N–H and O–H groups in total. The van der Waals surface area contributed by atoms with Crippen molar-refractivity contribution in [3.63, 3.8) is 0 Å². The summed E-state index contributed by atoms with van der Waals surface area (Å²) in [5.41, 5.74) is 5.88. The molecular formula is C13H23N5. The average Bonchev–Trinajstić information content (AvgIpc) is 2.83. The normalized spacial score (nSPS) is 25.1. The molecule has 1 atom stereocenters. The molecule has 3 rings (SSSR count). The van der Waals surface area contributed by atoms with Gasteiger partial charge in [0.2, 0.25) is 0 Å². The van der Waals surface area contributed by atoms with Gasteiger partial charge in [-0.25, -0.2) is 0 Å². The predicted octanol–water partition coefficient (Wildman–Crippen LogP) is 0.928. The third kappa shape index (κ3) is 2.29. The molecule has 0 radical (unpaired) electrons. The number of hydrogen-bond acceptors (Lipinski definition) is 4. The van der Waals surface area contributed by atoms with Crippen molar-refractivity contribution in [2.75, 3.05) is 13.1 Å². The molecule has 0 saturated carbocycles. The van der Waals surface area contributed by atoms with Crippen LogP contribution in [0.2, 0.25) is 0 Å². The molecule has 1 aromatic heterocycles. The minimum Gasteiger partial charge on any atom is -0.329 e. The Morgan fingerprint density at radius 3 is 2.89 bits per heavy atom. The Bertz CT molecular complexity index is 400. The molecule has 5 heteroatoms.